The molecule has 1 amide bonds. The molecule has 1 aliphatic rings. The number of carbonyl (C=O) groups is 1. The van der Waals surface area contributed by atoms with Crippen LogP contribution in [0.3, 0.4) is 0 Å². The molecule has 1 aromatic carbocycles. The number of anilines is 1. The molecule has 21 heavy (non-hydrogen) atoms. The zero-order chi connectivity index (χ0) is 15.4. The van der Waals surface area contributed by atoms with Crippen LogP contribution in [0.25, 0.3) is 0 Å². The molecule has 1 saturated heterocycles. The van der Waals surface area contributed by atoms with E-state index in [-0.39, 0.29) is 11.9 Å². The van der Waals surface area contributed by atoms with E-state index in [1.54, 1.807) is 24.3 Å². The van der Waals surface area contributed by atoms with Crippen LogP contribution in [0.15, 0.2) is 24.3 Å². The molecule has 0 unspecified atom stereocenters. The maximum atomic E-state index is 12.4. The van der Waals surface area contributed by atoms with Crippen LogP contribution in [0.2, 0.25) is 0 Å². The van der Waals surface area contributed by atoms with Crippen molar-refractivity contribution < 1.29 is 4.79 Å². The summed E-state index contributed by atoms with van der Waals surface area (Å²) in [6, 6.07) is 8.90. The Hall–Kier alpha value is -1.86. The summed E-state index contributed by atoms with van der Waals surface area (Å²) in [7, 11) is 0. The maximum absolute atomic E-state index is 12.4. The molecule has 4 nitrogen and oxygen atoms in total. The van der Waals surface area contributed by atoms with Crippen molar-refractivity contribution >= 4 is 11.6 Å². The first-order chi connectivity index (χ1) is 9.99. The van der Waals surface area contributed by atoms with Crippen molar-refractivity contribution in [2.75, 3.05) is 18.4 Å². The summed E-state index contributed by atoms with van der Waals surface area (Å²) in [6.07, 6.45) is 1.24. The molecule has 0 bridgehead atoms. The lowest BCUT2D eigenvalue weighted by atomic mass is 9.91. The van der Waals surface area contributed by atoms with E-state index in [1.165, 1.54) is 6.42 Å². The topological polar surface area (TPSA) is 56.1 Å². The van der Waals surface area contributed by atoms with Crippen LogP contribution in [0.1, 0.15) is 32.8 Å². The summed E-state index contributed by atoms with van der Waals surface area (Å²) in [5, 5.41) is 11.7. The lowest BCUT2D eigenvalue weighted by Crippen LogP contribution is -2.48. The van der Waals surface area contributed by atoms with Gasteiger partial charge in [0, 0.05) is 18.8 Å². The number of piperidine rings is 1. The van der Waals surface area contributed by atoms with Gasteiger partial charge in [0.25, 0.3) is 0 Å². The third-order valence-corrected chi connectivity index (χ3v) is 4.11. The Morgan fingerprint density at radius 2 is 1.86 bits per heavy atom. The van der Waals surface area contributed by atoms with Crippen LogP contribution in [0, 0.1) is 23.2 Å². The first-order valence-electron chi connectivity index (χ1n) is 7.54. The number of nitriles is 1. The van der Waals surface area contributed by atoms with Gasteiger partial charge in [0.2, 0.25) is 5.91 Å². The quantitative estimate of drug-likeness (QED) is 0.929. The van der Waals surface area contributed by atoms with E-state index in [2.05, 4.69) is 30.1 Å². The number of rotatable bonds is 3. The molecule has 3 atom stereocenters. The molecule has 0 aromatic heterocycles. The van der Waals surface area contributed by atoms with E-state index in [4.69, 9.17) is 5.26 Å². The third-order valence-electron chi connectivity index (χ3n) is 4.11. The largest absolute Gasteiger partial charge is 0.325 e. The van der Waals surface area contributed by atoms with Gasteiger partial charge >= 0.3 is 0 Å². The Labute approximate surface area is 126 Å². The van der Waals surface area contributed by atoms with Gasteiger partial charge in [-0.2, -0.15) is 5.26 Å². The number of hydrogen-bond acceptors (Lipinski definition) is 3. The lowest BCUT2D eigenvalue weighted by Gasteiger charge is -2.38. The summed E-state index contributed by atoms with van der Waals surface area (Å²) in [5.41, 5.74) is 1.34. The van der Waals surface area contributed by atoms with Crippen LogP contribution in [-0.4, -0.2) is 29.9 Å². The molecule has 0 radical (unpaired) electrons. The number of hydrogen-bond donors (Lipinski definition) is 1. The molecule has 0 spiro atoms. The highest BCUT2D eigenvalue weighted by molar-refractivity contribution is 5.94. The molecular formula is C17H23N3O. The summed E-state index contributed by atoms with van der Waals surface area (Å²) < 4.78 is 0. The van der Waals surface area contributed by atoms with Crippen molar-refractivity contribution in [1.82, 2.24) is 4.90 Å². The summed E-state index contributed by atoms with van der Waals surface area (Å²) in [4.78, 5) is 14.6. The first-order valence-corrected chi connectivity index (χ1v) is 7.54. The molecule has 0 aliphatic carbocycles. The Morgan fingerprint density at radius 3 is 2.38 bits per heavy atom. The van der Waals surface area contributed by atoms with Crippen molar-refractivity contribution in [3.05, 3.63) is 29.8 Å². The summed E-state index contributed by atoms with van der Waals surface area (Å²) >= 11 is 0. The molecule has 112 valence electrons. The fourth-order valence-electron chi connectivity index (χ4n) is 3.07. The molecule has 4 heteroatoms. The molecule has 1 fully saturated rings. The van der Waals surface area contributed by atoms with Gasteiger partial charge in [-0.1, -0.05) is 13.8 Å². The van der Waals surface area contributed by atoms with Crippen LogP contribution < -0.4 is 5.32 Å². The van der Waals surface area contributed by atoms with Crippen LogP contribution in [-0.2, 0) is 4.79 Å². The molecule has 2 rings (SSSR count). The minimum Gasteiger partial charge on any atom is -0.325 e. The number of nitrogens with one attached hydrogen (secondary N) is 1. The molecule has 1 heterocycles. The number of likely N-dealkylation sites (tertiary alicyclic amines) is 1. The predicted molar refractivity (Wildman–Crippen MR) is 83.8 cm³/mol. The molecular weight excluding hydrogens is 262 g/mol. The van der Waals surface area contributed by atoms with Crippen molar-refractivity contribution in [2.45, 2.75) is 33.2 Å². The Balaban J connectivity index is 1.97. The van der Waals surface area contributed by atoms with Crippen LogP contribution >= 0.6 is 0 Å². The fourth-order valence-corrected chi connectivity index (χ4v) is 3.07. The Bertz CT molecular complexity index is 522. The monoisotopic (exact) mass is 285 g/mol. The lowest BCUT2D eigenvalue weighted by molar-refractivity contribution is -0.121. The predicted octanol–water partition coefficient (Wildman–Crippen LogP) is 2.86. The number of amides is 1. The second-order valence-electron chi connectivity index (χ2n) is 6.25. The van der Waals surface area contributed by atoms with Gasteiger partial charge in [-0.3, -0.25) is 9.69 Å². The van der Waals surface area contributed by atoms with Gasteiger partial charge in [-0.25, -0.2) is 0 Å². The maximum Gasteiger partial charge on any atom is 0.241 e. The van der Waals surface area contributed by atoms with Crippen molar-refractivity contribution in [2.24, 2.45) is 11.8 Å². The Kier molecular flexibility index (Phi) is 4.98. The van der Waals surface area contributed by atoms with E-state index in [9.17, 15) is 4.79 Å². The van der Waals surface area contributed by atoms with E-state index in [1.807, 2.05) is 6.92 Å². The first kappa shape index (κ1) is 15.5. The second kappa shape index (κ2) is 6.73. The normalized spacial score (nSPS) is 24.1. The average Bonchev–Trinajstić information content (AvgIpc) is 2.46. The van der Waals surface area contributed by atoms with Crippen molar-refractivity contribution in [1.29, 1.82) is 5.26 Å². The van der Waals surface area contributed by atoms with E-state index in [0.29, 0.717) is 17.4 Å². The van der Waals surface area contributed by atoms with Gasteiger partial charge in [0.05, 0.1) is 17.7 Å². The minimum absolute atomic E-state index is 0.0148. The molecule has 1 N–H and O–H groups in total. The standard InChI is InChI=1S/C17H23N3O/c1-12-8-13(2)11-20(10-12)14(3)17(21)19-16-6-4-15(9-18)5-7-16/h4-7,12-14H,8,10-11H2,1-3H3,(H,19,21)/t12-,13+,14-/m1/s1. The van der Waals surface area contributed by atoms with Crippen LogP contribution in [0.5, 0.6) is 0 Å². The van der Waals surface area contributed by atoms with Crippen molar-refractivity contribution in [3.8, 4) is 6.07 Å². The number of carbonyl (C=O) groups excluding carboxylic acids is 1. The van der Waals surface area contributed by atoms with E-state index >= 15 is 0 Å². The average molecular weight is 285 g/mol. The minimum atomic E-state index is -0.133. The fraction of sp³-hybridized carbons (Fsp3) is 0.529. The smallest absolute Gasteiger partial charge is 0.241 e. The molecule has 1 aliphatic heterocycles. The van der Waals surface area contributed by atoms with Gasteiger partial charge in [-0.15, -0.1) is 0 Å². The zero-order valence-electron chi connectivity index (χ0n) is 13.0. The zero-order valence-corrected chi connectivity index (χ0v) is 13.0. The van der Waals surface area contributed by atoms with Gasteiger partial charge in [0.15, 0.2) is 0 Å². The highest BCUT2D eigenvalue weighted by Gasteiger charge is 2.28. The third kappa shape index (κ3) is 4.05. The second-order valence-corrected chi connectivity index (χ2v) is 6.25. The summed E-state index contributed by atoms with van der Waals surface area (Å²) in [6.45, 7) is 8.41. The van der Waals surface area contributed by atoms with Gasteiger partial charge < -0.3 is 5.32 Å². The van der Waals surface area contributed by atoms with E-state index < -0.39 is 0 Å². The van der Waals surface area contributed by atoms with Gasteiger partial charge in [0.1, 0.15) is 0 Å². The Morgan fingerprint density at radius 1 is 1.29 bits per heavy atom. The molecule has 1 aromatic rings. The molecule has 0 saturated carbocycles. The number of benzene rings is 1. The van der Waals surface area contributed by atoms with Gasteiger partial charge in [-0.05, 0) is 49.4 Å². The van der Waals surface area contributed by atoms with Crippen molar-refractivity contribution in [3.63, 3.8) is 0 Å². The van der Waals surface area contributed by atoms with E-state index in [0.717, 1.165) is 18.8 Å². The summed E-state index contributed by atoms with van der Waals surface area (Å²) in [5.74, 6) is 1.29. The van der Waals surface area contributed by atoms with Crippen LogP contribution in [0.4, 0.5) is 5.69 Å². The number of nitrogens with zero attached hydrogens (tertiary/aromatic N) is 2. The highest BCUT2D eigenvalue weighted by Crippen LogP contribution is 2.23. The highest BCUT2D eigenvalue weighted by atomic mass is 16.2. The SMILES string of the molecule is C[C@@H]1C[C@H](C)CN([C@H](C)C(=O)Nc2ccc(C#N)cc2)C1.